The molecule has 0 atom stereocenters. The molecular formula is C21H18O. The third-order valence-corrected chi connectivity index (χ3v) is 3.44. The second-order valence-electron chi connectivity index (χ2n) is 5.07. The lowest BCUT2D eigenvalue weighted by Gasteiger charge is -2.04. The van der Waals surface area contributed by atoms with Crippen molar-refractivity contribution in [3.05, 3.63) is 103 Å². The average Bonchev–Trinajstić information content (AvgIpc) is 2.61. The topological polar surface area (TPSA) is 9.23 Å². The number of benzene rings is 3. The highest BCUT2D eigenvalue weighted by atomic mass is 16.5. The molecule has 0 saturated carbocycles. The van der Waals surface area contributed by atoms with E-state index in [9.17, 15) is 0 Å². The lowest BCUT2D eigenvalue weighted by molar-refractivity contribution is 0.479. The third kappa shape index (κ3) is 3.86. The van der Waals surface area contributed by atoms with Crippen molar-refractivity contribution in [3.8, 4) is 16.9 Å². The van der Waals surface area contributed by atoms with E-state index in [1.807, 2.05) is 54.6 Å². The molecule has 3 rings (SSSR count). The Balaban J connectivity index is 1.64. The Morgan fingerprint density at radius 2 is 1.36 bits per heavy atom. The predicted molar refractivity (Wildman–Crippen MR) is 91.8 cm³/mol. The summed E-state index contributed by atoms with van der Waals surface area (Å²) in [6.45, 7) is 0. The largest absolute Gasteiger partial charge is 0.465 e. The van der Waals surface area contributed by atoms with E-state index in [2.05, 4.69) is 36.4 Å². The average molecular weight is 286 g/mol. The van der Waals surface area contributed by atoms with E-state index >= 15 is 0 Å². The molecule has 0 aliphatic rings. The highest BCUT2D eigenvalue weighted by molar-refractivity contribution is 5.64. The Morgan fingerprint density at radius 1 is 0.682 bits per heavy atom. The maximum Gasteiger partial charge on any atom is 0.127 e. The summed E-state index contributed by atoms with van der Waals surface area (Å²) in [5, 5.41) is 0. The van der Waals surface area contributed by atoms with Gasteiger partial charge >= 0.3 is 0 Å². The number of hydrogen-bond donors (Lipinski definition) is 0. The minimum absolute atomic E-state index is 0.852. The molecule has 22 heavy (non-hydrogen) atoms. The normalized spacial score (nSPS) is 10.7. The minimum atomic E-state index is 0.852. The van der Waals surface area contributed by atoms with Gasteiger partial charge in [-0.1, -0.05) is 72.8 Å². The minimum Gasteiger partial charge on any atom is -0.465 e. The van der Waals surface area contributed by atoms with Crippen LogP contribution in [0.4, 0.5) is 0 Å². The Kier molecular flexibility index (Phi) is 4.68. The van der Waals surface area contributed by atoms with Crippen molar-refractivity contribution in [2.75, 3.05) is 0 Å². The first-order valence-corrected chi connectivity index (χ1v) is 7.43. The molecule has 3 aromatic rings. The number of allylic oxidation sites excluding steroid dienone is 1. The fourth-order valence-corrected chi connectivity index (χ4v) is 2.30. The molecule has 0 fully saturated rings. The van der Waals surface area contributed by atoms with Crippen molar-refractivity contribution in [1.82, 2.24) is 0 Å². The molecule has 3 aromatic carbocycles. The predicted octanol–water partition coefficient (Wildman–Crippen LogP) is 5.49. The van der Waals surface area contributed by atoms with E-state index in [0.29, 0.717) is 0 Å². The summed E-state index contributed by atoms with van der Waals surface area (Å²) in [6, 6.07) is 28.8. The molecular weight excluding hydrogens is 268 g/mol. The molecule has 0 aromatic heterocycles. The first kappa shape index (κ1) is 14.2. The summed E-state index contributed by atoms with van der Waals surface area (Å²) in [4.78, 5) is 0. The van der Waals surface area contributed by atoms with Gasteiger partial charge in [-0.05, 0) is 41.3 Å². The highest BCUT2D eigenvalue weighted by Gasteiger charge is 1.98. The molecule has 108 valence electrons. The summed E-state index contributed by atoms with van der Waals surface area (Å²) < 4.78 is 5.71. The zero-order valence-electron chi connectivity index (χ0n) is 12.4. The third-order valence-electron chi connectivity index (χ3n) is 3.44. The van der Waals surface area contributed by atoms with Gasteiger partial charge < -0.3 is 4.74 Å². The SMILES string of the molecule is C(=COc1cccc(-c2ccccc2)c1)Cc1ccccc1. The van der Waals surface area contributed by atoms with Crippen molar-refractivity contribution >= 4 is 0 Å². The van der Waals surface area contributed by atoms with E-state index in [1.54, 1.807) is 6.26 Å². The first-order chi connectivity index (χ1) is 10.9. The van der Waals surface area contributed by atoms with Gasteiger partial charge in [0.15, 0.2) is 0 Å². The molecule has 0 amide bonds. The van der Waals surface area contributed by atoms with Gasteiger partial charge in [0.25, 0.3) is 0 Å². The molecule has 0 aliphatic carbocycles. The van der Waals surface area contributed by atoms with Gasteiger partial charge in [-0.15, -0.1) is 0 Å². The Hall–Kier alpha value is -2.80. The van der Waals surface area contributed by atoms with E-state index in [1.165, 1.54) is 11.1 Å². The standard InChI is InChI=1S/C21H18O/c1-3-9-18(10-4-1)11-8-16-22-21-15-7-14-20(17-21)19-12-5-2-6-13-19/h1-10,12-17H,11H2. The molecule has 1 heteroatoms. The molecule has 0 N–H and O–H groups in total. The van der Waals surface area contributed by atoms with Crippen LogP contribution in [-0.2, 0) is 6.42 Å². The monoisotopic (exact) mass is 286 g/mol. The van der Waals surface area contributed by atoms with E-state index in [4.69, 9.17) is 4.74 Å². The van der Waals surface area contributed by atoms with Crippen LogP contribution < -0.4 is 4.74 Å². The molecule has 0 aliphatic heterocycles. The van der Waals surface area contributed by atoms with Gasteiger partial charge in [0.05, 0.1) is 6.26 Å². The van der Waals surface area contributed by atoms with Crippen LogP contribution in [-0.4, -0.2) is 0 Å². The van der Waals surface area contributed by atoms with Crippen LogP contribution in [0.15, 0.2) is 97.3 Å². The Labute approximate surface area is 131 Å². The van der Waals surface area contributed by atoms with Crippen molar-refractivity contribution in [2.24, 2.45) is 0 Å². The van der Waals surface area contributed by atoms with Crippen LogP contribution in [0.5, 0.6) is 5.75 Å². The summed E-state index contributed by atoms with van der Waals surface area (Å²) in [7, 11) is 0. The Morgan fingerprint density at radius 3 is 2.14 bits per heavy atom. The van der Waals surface area contributed by atoms with Gasteiger partial charge in [-0.25, -0.2) is 0 Å². The summed E-state index contributed by atoms with van der Waals surface area (Å²) >= 11 is 0. The number of hydrogen-bond acceptors (Lipinski definition) is 1. The molecule has 0 radical (unpaired) electrons. The van der Waals surface area contributed by atoms with E-state index in [0.717, 1.165) is 17.7 Å². The number of ether oxygens (including phenoxy) is 1. The quantitative estimate of drug-likeness (QED) is 0.564. The molecule has 0 heterocycles. The Bertz CT molecular complexity index is 730. The van der Waals surface area contributed by atoms with E-state index in [-0.39, 0.29) is 0 Å². The second-order valence-corrected chi connectivity index (χ2v) is 5.07. The highest BCUT2D eigenvalue weighted by Crippen LogP contribution is 2.23. The van der Waals surface area contributed by atoms with Crippen LogP contribution in [0.25, 0.3) is 11.1 Å². The van der Waals surface area contributed by atoms with Crippen LogP contribution in [0.1, 0.15) is 5.56 Å². The maximum atomic E-state index is 5.71. The van der Waals surface area contributed by atoms with Crippen LogP contribution >= 0.6 is 0 Å². The molecule has 1 nitrogen and oxygen atoms in total. The van der Waals surface area contributed by atoms with Gasteiger partial charge in [0, 0.05) is 0 Å². The van der Waals surface area contributed by atoms with Gasteiger partial charge in [-0.3, -0.25) is 0 Å². The summed E-state index contributed by atoms with van der Waals surface area (Å²) in [6.07, 6.45) is 4.67. The smallest absolute Gasteiger partial charge is 0.127 e. The lowest BCUT2D eigenvalue weighted by Crippen LogP contribution is -1.85. The number of rotatable bonds is 5. The molecule has 0 unspecified atom stereocenters. The van der Waals surface area contributed by atoms with Crippen LogP contribution in [0, 0.1) is 0 Å². The van der Waals surface area contributed by atoms with E-state index < -0.39 is 0 Å². The van der Waals surface area contributed by atoms with Crippen molar-refractivity contribution in [2.45, 2.75) is 6.42 Å². The summed E-state index contributed by atoms with van der Waals surface area (Å²) in [5.41, 5.74) is 3.64. The van der Waals surface area contributed by atoms with Crippen LogP contribution in [0.3, 0.4) is 0 Å². The van der Waals surface area contributed by atoms with Crippen molar-refractivity contribution in [3.63, 3.8) is 0 Å². The zero-order chi connectivity index (χ0) is 15.0. The molecule has 0 saturated heterocycles. The van der Waals surface area contributed by atoms with Gasteiger partial charge in [0.1, 0.15) is 5.75 Å². The summed E-state index contributed by atoms with van der Waals surface area (Å²) in [5.74, 6) is 0.852. The molecule has 0 spiro atoms. The second kappa shape index (κ2) is 7.28. The van der Waals surface area contributed by atoms with Gasteiger partial charge in [-0.2, -0.15) is 0 Å². The fourth-order valence-electron chi connectivity index (χ4n) is 2.30. The van der Waals surface area contributed by atoms with Gasteiger partial charge in [0.2, 0.25) is 0 Å². The van der Waals surface area contributed by atoms with Crippen molar-refractivity contribution < 1.29 is 4.74 Å². The molecule has 0 bridgehead atoms. The first-order valence-electron chi connectivity index (χ1n) is 7.43. The van der Waals surface area contributed by atoms with Crippen molar-refractivity contribution in [1.29, 1.82) is 0 Å². The zero-order valence-corrected chi connectivity index (χ0v) is 12.4. The fraction of sp³-hybridized carbons (Fsp3) is 0.0476. The maximum absolute atomic E-state index is 5.71. The van der Waals surface area contributed by atoms with Crippen LogP contribution in [0.2, 0.25) is 0 Å². The lowest BCUT2D eigenvalue weighted by atomic mass is 10.1.